The monoisotopic (exact) mass is 343 g/mol. The first kappa shape index (κ1) is 16.9. The summed E-state index contributed by atoms with van der Waals surface area (Å²) in [5, 5.41) is 5.70. The highest BCUT2D eigenvalue weighted by atomic mass is 16.6. The molecule has 132 valence electrons. The van der Waals surface area contributed by atoms with Gasteiger partial charge in [-0.25, -0.2) is 0 Å². The summed E-state index contributed by atoms with van der Waals surface area (Å²) < 4.78 is 11.3. The third kappa shape index (κ3) is 3.60. The predicted octanol–water partition coefficient (Wildman–Crippen LogP) is 2.63. The summed E-state index contributed by atoms with van der Waals surface area (Å²) in [4.78, 5) is 27.2. The zero-order chi connectivity index (χ0) is 17.8. The summed E-state index contributed by atoms with van der Waals surface area (Å²) in [7, 11) is 0. The molecular formula is C18H21N3O4. The van der Waals surface area contributed by atoms with E-state index in [1.807, 2.05) is 25.3 Å². The highest BCUT2D eigenvalue weighted by Crippen LogP contribution is 2.40. The molecule has 0 fully saturated rings. The number of H-pyrrole nitrogens is 1. The average molecular weight is 343 g/mol. The van der Waals surface area contributed by atoms with E-state index in [1.54, 1.807) is 12.1 Å². The highest BCUT2D eigenvalue weighted by molar-refractivity contribution is 6.00. The average Bonchev–Trinajstić information content (AvgIpc) is 3.13. The van der Waals surface area contributed by atoms with Crippen LogP contribution in [0.3, 0.4) is 0 Å². The van der Waals surface area contributed by atoms with Gasteiger partial charge in [0.15, 0.2) is 11.5 Å². The van der Waals surface area contributed by atoms with Crippen molar-refractivity contribution < 1.29 is 19.1 Å². The van der Waals surface area contributed by atoms with Gasteiger partial charge >= 0.3 is 0 Å². The minimum atomic E-state index is -0.252. The summed E-state index contributed by atoms with van der Waals surface area (Å²) in [6.45, 7) is 4.13. The molecule has 7 nitrogen and oxygen atoms in total. The first-order chi connectivity index (χ1) is 12.1. The molecule has 2 aromatic rings. The fraction of sp³-hybridized carbons (Fsp3) is 0.333. The second kappa shape index (κ2) is 7.29. The fourth-order valence-electron chi connectivity index (χ4n) is 2.80. The van der Waals surface area contributed by atoms with E-state index in [4.69, 9.17) is 9.47 Å². The number of carbonyl (C=O) groups excluding carboxylic acids is 2. The van der Waals surface area contributed by atoms with Crippen LogP contribution in [0.5, 0.6) is 11.5 Å². The van der Waals surface area contributed by atoms with Gasteiger partial charge in [-0.1, -0.05) is 6.92 Å². The number of rotatable bonds is 5. The molecule has 2 amide bonds. The Morgan fingerprint density at radius 1 is 1.20 bits per heavy atom. The molecule has 1 atom stereocenters. The van der Waals surface area contributed by atoms with Gasteiger partial charge in [0.25, 0.3) is 5.91 Å². The molecule has 3 N–H and O–H groups in total. The van der Waals surface area contributed by atoms with E-state index in [1.165, 1.54) is 6.92 Å². The second-order valence-electron chi connectivity index (χ2n) is 5.76. The van der Waals surface area contributed by atoms with Gasteiger partial charge in [-0.15, -0.1) is 0 Å². The molecule has 0 radical (unpaired) electrons. The Morgan fingerprint density at radius 3 is 2.60 bits per heavy atom. The number of fused-ring (bicyclic) bond motifs is 1. The van der Waals surface area contributed by atoms with Gasteiger partial charge in [0.05, 0.1) is 17.3 Å². The number of nitrogens with one attached hydrogen (secondary N) is 3. The molecule has 2 heterocycles. The number of amides is 2. The fourth-order valence-corrected chi connectivity index (χ4v) is 2.80. The molecule has 1 aliphatic rings. The van der Waals surface area contributed by atoms with Gasteiger partial charge in [0.1, 0.15) is 13.2 Å². The number of ether oxygens (including phenoxy) is 2. The van der Waals surface area contributed by atoms with Crippen LogP contribution < -0.4 is 20.1 Å². The molecule has 0 aliphatic carbocycles. The Morgan fingerprint density at radius 2 is 1.96 bits per heavy atom. The zero-order valence-corrected chi connectivity index (χ0v) is 14.2. The molecule has 0 saturated heterocycles. The van der Waals surface area contributed by atoms with Crippen molar-refractivity contribution in [3.05, 3.63) is 41.7 Å². The summed E-state index contributed by atoms with van der Waals surface area (Å²) >= 11 is 0. The molecule has 1 aromatic heterocycles. The summed E-state index contributed by atoms with van der Waals surface area (Å²) in [6.07, 6.45) is 2.57. The second-order valence-corrected chi connectivity index (χ2v) is 5.76. The van der Waals surface area contributed by atoms with E-state index in [2.05, 4.69) is 15.6 Å². The molecule has 0 spiro atoms. The maximum absolute atomic E-state index is 12.8. The smallest absolute Gasteiger partial charge is 0.255 e. The largest absolute Gasteiger partial charge is 0.485 e. The highest BCUT2D eigenvalue weighted by Gasteiger charge is 2.25. The van der Waals surface area contributed by atoms with Crippen LogP contribution in [-0.2, 0) is 4.79 Å². The van der Waals surface area contributed by atoms with E-state index in [0.717, 1.165) is 12.1 Å². The lowest BCUT2D eigenvalue weighted by atomic mass is 10.1. The van der Waals surface area contributed by atoms with E-state index < -0.39 is 0 Å². The normalized spacial score (nSPS) is 13.8. The number of aromatic nitrogens is 1. The third-order valence-corrected chi connectivity index (χ3v) is 3.95. The van der Waals surface area contributed by atoms with Crippen LogP contribution in [0.25, 0.3) is 0 Å². The number of anilines is 1. The van der Waals surface area contributed by atoms with Crippen molar-refractivity contribution in [2.45, 2.75) is 26.3 Å². The third-order valence-electron chi connectivity index (χ3n) is 3.95. The Kier molecular flexibility index (Phi) is 4.92. The lowest BCUT2D eigenvalue weighted by molar-refractivity contribution is -0.114. The molecule has 3 rings (SSSR count). The molecule has 7 heteroatoms. The van der Waals surface area contributed by atoms with Gasteiger partial charge in [-0.05, 0) is 30.7 Å². The van der Waals surface area contributed by atoms with E-state index >= 15 is 0 Å². The van der Waals surface area contributed by atoms with Crippen LogP contribution in [0.15, 0.2) is 30.5 Å². The summed E-state index contributed by atoms with van der Waals surface area (Å²) in [5.41, 5.74) is 1.82. The maximum Gasteiger partial charge on any atom is 0.255 e. The van der Waals surface area contributed by atoms with Crippen LogP contribution in [0.1, 0.15) is 42.4 Å². The number of benzene rings is 1. The van der Waals surface area contributed by atoms with Crippen LogP contribution in [0.4, 0.5) is 5.69 Å². The SMILES string of the molecule is CCC(NC(=O)c1ccc(NC(C)=O)c2c1OCCO2)c1ccc[nH]1. The van der Waals surface area contributed by atoms with Gasteiger partial charge in [0.2, 0.25) is 5.91 Å². The van der Waals surface area contributed by atoms with Gasteiger partial charge in [-0.2, -0.15) is 0 Å². The van der Waals surface area contributed by atoms with E-state index in [9.17, 15) is 9.59 Å². The van der Waals surface area contributed by atoms with Crippen molar-refractivity contribution in [1.29, 1.82) is 0 Å². The van der Waals surface area contributed by atoms with Crippen LogP contribution in [0, 0.1) is 0 Å². The minimum Gasteiger partial charge on any atom is -0.485 e. The van der Waals surface area contributed by atoms with Crippen LogP contribution in [0.2, 0.25) is 0 Å². The van der Waals surface area contributed by atoms with Gasteiger partial charge < -0.3 is 25.1 Å². The number of hydrogen-bond donors (Lipinski definition) is 3. The molecular weight excluding hydrogens is 322 g/mol. The first-order valence-corrected chi connectivity index (χ1v) is 8.24. The molecule has 1 aromatic carbocycles. The summed E-state index contributed by atoms with van der Waals surface area (Å²) in [6, 6.07) is 6.99. The van der Waals surface area contributed by atoms with E-state index in [0.29, 0.717) is 36.0 Å². The maximum atomic E-state index is 12.8. The van der Waals surface area contributed by atoms with Crippen molar-refractivity contribution in [1.82, 2.24) is 10.3 Å². The van der Waals surface area contributed by atoms with Crippen LogP contribution in [-0.4, -0.2) is 30.0 Å². The lowest BCUT2D eigenvalue weighted by Gasteiger charge is -2.24. The van der Waals surface area contributed by atoms with Crippen molar-refractivity contribution in [3.63, 3.8) is 0 Å². The van der Waals surface area contributed by atoms with Gasteiger partial charge in [0, 0.05) is 18.8 Å². The molecule has 1 aliphatic heterocycles. The molecule has 25 heavy (non-hydrogen) atoms. The number of hydrogen-bond acceptors (Lipinski definition) is 4. The van der Waals surface area contributed by atoms with Crippen molar-refractivity contribution in [2.75, 3.05) is 18.5 Å². The van der Waals surface area contributed by atoms with Crippen molar-refractivity contribution >= 4 is 17.5 Å². The quantitative estimate of drug-likeness (QED) is 0.778. The Labute approximate surface area is 145 Å². The summed E-state index contributed by atoms with van der Waals surface area (Å²) in [5.74, 6) is 0.280. The Balaban J connectivity index is 1.88. The first-order valence-electron chi connectivity index (χ1n) is 8.24. The Hall–Kier alpha value is -2.96. The standard InChI is InChI=1S/C18H21N3O4/c1-3-13(14-5-4-8-19-14)21-18(23)12-6-7-15(20-11(2)22)17-16(12)24-9-10-25-17/h4-8,13,19H,3,9-10H2,1-2H3,(H,20,22)(H,21,23). The molecule has 0 saturated carbocycles. The van der Waals surface area contributed by atoms with Crippen molar-refractivity contribution in [3.8, 4) is 11.5 Å². The molecule has 0 bridgehead atoms. The topological polar surface area (TPSA) is 92.5 Å². The lowest BCUT2D eigenvalue weighted by Crippen LogP contribution is -2.30. The Bertz CT molecular complexity index is 771. The molecule has 1 unspecified atom stereocenters. The zero-order valence-electron chi connectivity index (χ0n) is 14.2. The number of aromatic amines is 1. The van der Waals surface area contributed by atoms with Gasteiger partial charge in [-0.3, -0.25) is 9.59 Å². The van der Waals surface area contributed by atoms with Crippen LogP contribution >= 0.6 is 0 Å². The van der Waals surface area contributed by atoms with Crippen molar-refractivity contribution in [2.24, 2.45) is 0 Å². The number of carbonyl (C=O) groups is 2. The minimum absolute atomic E-state index is 0.127. The van der Waals surface area contributed by atoms with E-state index in [-0.39, 0.29) is 17.9 Å². The predicted molar refractivity (Wildman–Crippen MR) is 93.0 cm³/mol.